The first kappa shape index (κ1) is 16.2. The van der Waals surface area contributed by atoms with Gasteiger partial charge in [-0.1, -0.05) is 43.3 Å². The van der Waals surface area contributed by atoms with Crippen LogP contribution in [0.1, 0.15) is 25.3 Å². The summed E-state index contributed by atoms with van der Waals surface area (Å²) in [5.74, 6) is -0.609. The number of aliphatic hydroxyl groups excluding tert-OH is 1. The molecule has 2 aliphatic rings. The van der Waals surface area contributed by atoms with E-state index in [0.29, 0.717) is 5.56 Å². The van der Waals surface area contributed by atoms with Gasteiger partial charge in [0.15, 0.2) is 5.60 Å². The number of benzene rings is 1. The highest BCUT2D eigenvalue weighted by atomic mass is 16.6. The Hall–Kier alpha value is -1.69. The van der Waals surface area contributed by atoms with Gasteiger partial charge >= 0.3 is 5.97 Å². The number of carbonyl (C=O) groups excluding carboxylic acids is 1. The van der Waals surface area contributed by atoms with Gasteiger partial charge in [-0.05, 0) is 24.0 Å². The lowest BCUT2D eigenvalue weighted by Crippen LogP contribution is -2.42. The van der Waals surface area contributed by atoms with Gasteiger partial charge in [0.1, 0.15) is 6.10 Å². The van der Waals surface area contributed by atoms with Crippen LogP contribution in [0.25, 0.3) is 0 Å². The third-order valence-electron chi connectivity index (χ3n) is 4.96. The Morgan fingerprint density at radius 1 is 1.39 bits per heavy atom. The van der Waals surface area contributed by atoms with E-state index < -0.39 is 11.6 Å². The molecule has 1 saturated heterocycles. The minimum Gasteiger partial charge on any atom is -0.458 e. The molecular formula is C18H23NO4. The van der Waals surface area contributed by atoms with Crippen molar-refractivity contribution in [2.24, 2.45) is 0 Å². The smallest absolute Gasteiger partial charge is 0.343 e. The Kier molecular flexibility index (Phi) is 4.53. The summed E-state index contributed by atoms with van der Waals surface area (Å²) in [6.45, 7) is 3.36. The molecule has 5 nitrogen and oxygen atoms in total. The highest BCUT2D eigenvalue weighted by Crippen LogP contribution is 2.33. The SMILES string of the molecule is CC[C@](O)(C(=O)O[C@H]1CCN2CC=C(CO)[C@H]12)c1ccccc1. The Bertz CT molecular complexity index is 600. The average molecular weight is 317 g/mol. The summed E-state index contributed by atoms with van der Waals surface area (Å²) < 4.78 is 5.69. The van der Waals surface area contributed by atoms with Gasteiger partial charge in [0.05, 0.1) is 12.6 Å². The summed E-state index contributed by atoms with van der Waals surface area (Å²) in [5.41, 5.74) is -0.178. The maximum Gasteiger partial charge on any atom is 0.343 e. The molecule has 2 aliphatic heterocycles. The van der Waals surface area contributed by atoms with Crippen LogP contribution in [-0.2, 0) is 15.1 Å². The van der Waals surface area contributed by atoms with Crippen LogP contribution in [0.15, 0.2) is 42.0 Å². The maximum absolute atomic E-state index is 12.7. The number of esters is 1. The van der Waals surface area contributed by atoms with Crippen molar-refractivity contribution in [3.05, 3.63) is 47.5 Å². The number of hydrogen-bond donors (Lipinski definition) is 2. The topological polar surface area (TPSA) is 70.0 Å². The highest BCUT2D eigenvalue weighted by molar-refractivity contribution is 5.81. The molecule has 3 atom stereocenters. The van der Waals surface area contributed by atoms with Gasteiger partial charge in [0.25, 0.3) is 0 Å². The molecule has 23 heavy (non-hydrogen) atoms. The molecule has 2 heterocycles. The lowest BCUT2D eigenvalue weighted by Gasteiger charge is -2.29. The van der Waals surface area contributed by atoms with Gasteiger partial charge < -0.3 is 14.9 Å². The van der Waals surface area contributed by atoms with Gasteiger partial charge in [0.2, 0.25) is 0 Å². The molecule has 1 aromatic rings. The van der Waals surface area contributed by atoms with E-state index >= 15 is 0 Å². The van der Waals surface area contributed by atoms with Crippen molar-refractivity contribution in [2.75, 3.05) is 19.7 Å². The van der Waals surface area contributed by atoms with Crippen molar-refractivity contribution in [1.29, 1.82) is 0 Å². The number of rotatable bonds is 5. The van der Waals surface area contributed by atoms with E-state index in [0.717, 1.165) is 25.1 Å². The summed E-state index contributed by atoms with van der Waals surface area (Å²) in [7, 11) is 0. The molecule has 0 aromatic heterocycles. The lowest BCUT2D eigenvalue weighted by molar-refractivity contribution is -0.173. The minimum absolute atomic E-state index is 0.0219. The molecule has 0 aliphatic carbocycles. The monoisotopic (exact) mass is 317 g/mol. The Morgan fingerprint density at radius 2 is 2.13 bits per heavy atom. The highest BCUT2D eigenvalue weighted by Gasteiger charge is 2.45. The van der Waals surface area contributed by atoms with Crippen molar-refractivity contribution < 1.29 is 19.7 Å². The third-order valence-corrected chi connectivity index (χ3v) is 4.96. The summed E-state index contributed by atoms with van der Waals surface area (Å²) in [4.78, 5) is 14.9. The molecule has 0 unspecified atom stereocenters. The van der Waals surface area contributed by atoms with Crippen LogP contribution in [0.5, 0.6) is 0 Å². The van der Waals surface area contributed by atoms with Gasteiger partial charge in [-0.25, -0.2) is 4.79 Å². The molecule has 2 N–H and O–H groups in total. The number of ether oxygens (including phenoxy) is 1. The van der Waals surface area contributed by atoms with Gasteiger partial charge in [0, 0.05) is 13.1 Å². The van der Waals surface area contributed by atoms with E-state index in [1.807, 2.05) is 12.1 Å². The zero-order valence-corrected chi connectivity index (χ0v) is 13.3. The average Bonchev–Trinajstić information content (AvgIpc) is 3.17. The van der Waals surface area contributed by atoms with Crippen molar-refractivity contribution in [3.8, 4) is 0 Å². The molecule has 3 rings (SSSR count). The number of carbonyl (C=O) groups is 1. The van der Waals surface area contributed by atoms with Crippen molar-refractivity contribution in [2.45, 2.75) is 37.5 Å². The summed E-state index contributed by atoms with van der Waals surface area (Å²) in [5, 5.41) is 20.3. The molecule has 0 saturated carbocycles. The zero-order valence-electron chi connectivity index (χ0n) is 13.3. The second-order valence-corrected chi connectivity index (χ2v) is 6.19. The summed E-state index contributed by atoms with van der Waals surface area (Å²) >= 11 is 0. The van der Waals surface area contributed by atoms with Crippen LogP contribution in [0.3, 0.4) is 0 Å². The van der Waals surface area contributed by atoms with Gasteiger partial charge in [-0.3, -0.25) is 4.90 Å². The standard InChI is InChI=1S/C18H23NO4/c1-2-18(22,14-6-4-3-5-7-14)17(21)23-15-9-11-19-10-8-13(12-20)16(15)19/h3-8,15-16,20,22H,2,9-12H2,1H3/t15-,16+,18+/m0/s1. The molecule has 124 valence electrons. The Labute approximate surface area is 136 Å². The summed E-state index contributed by atoms with van der Waals surface area (Å²) in [6, 6.07) is 8.85. The van der Waals surface area contributed by atoms with Crippen molar-refractivity contribution in [1.82, 2.24) is 4.90 Å². The number of hydrogen-bond acceptors (Lipinski definition) is 5. The first-order valence-corrected chi connectivity index (χ1v) is 8.13. The molecule has 0 radical (unpaired) electrons. The predicted molar refractivity (Wildman–Crippen MR) is 85.7 cm³/mol. The first-order chi connectivity index (χ1) is 11.1. The van der Waals surface area contributed by atoms with Gasteiger partial charge in [-0.15, -0.1) is 0 Å². The van der Waals surface area contributed by atoms with E-state index in [4.69, 9.17) is 4.74 Å². The third kappa shape index (κ3) is 2.80. The van der Waals surface area contributed by atoms with Crippen LogP contribution in [0, 0.1) is 0 Å². The molecule has 0 bridgehead atoms. The van der Waals surface area contributed by atoms with E-state index in [1.165, 1.54) is 0 Å². The van der Waals surface area contributed by atoms with Gasteiger partial charge in [-0.2, -0.15) is 0 Å². The lowest BCUT2D eigenvalue weighted by atomic mass is 9.91. The number of fused-ring (bicyclic) bond motifs is 1. The molecule has 5 heteroatoms. The van der Waals surface area contributed by atoms with E-state index in [-0.39, 0.29) is 25.2 Å². The van der Waals surface area contributed by atoms with E-state index in [9.17, 15) is 15.0 Å². The van der Waals surface area contributed by atoms with Crippen molar-refractivity contribution in [3.63, 3.8) is 0 Å². The van der Waals surface area contributed by atoms with Crippen LogP contribution < -0.4 is 0 Å². The maximum atomic E-state index is 12.7. The second kappa shape index (κ2) is 6.43. The molecule has 0 spiro atoms. The van der Waals surface area contributed by atoms with Crippen molar-refractivity contribution >= 4 is 5.97 Å². The molecule has 1 aromatic carbocycles. The summed E-state index contributed by atoms with van der Waals surface area (Å²) in [6.07, 6.45) is 2.65. The van der Waals surface area contributed by atoms with Crippen LogP contribution in [0.4, 0.5) is 0 Å². The minimum atomic E-state index is -1.63. The molecule has 0 amide bonds. The fourth-order valence-electron chi connectivity index (χ4n) is 3.56. The molecule has 1 fully saturated rings. The quantitative estimate of drug-likeness (QED) is 0.631. The number of aliphatic hydroxyl groups is 2. The Balaban J connectivity index is 1.77. The molecular weight excluding hydrogens is 294 g/mol. The van der Waals surface area contributed by atoms with E-state index in [2.05, 4.69) is 4.90 Å². The van der Waals surface area contributed by atoms with Crippen LogP contribution >= 0.6 is 0 Å². The fraction of sp³-hybridized carbons (Fsp3) is 0.500. The first-order valence-electron chi connectivity index (χ1n) is 8.13. The largest absolute Gasteiger partial charge is 0.458 e. The fourth-order valence-corrected chi connectivity index (χ4v) is 3.56. The number of nitrogens with zero attached hydrogens (tertiary/aromatic N) is 1. The Morgan fingerprint density at radius 3 is 2.78 bits per heavy atom. The normalized spacial score (nSPS) is 26.5. The second-order valence-electron chi connectivity index (χ2n) is 6.19. The van der Waals surface area contributed by atoms with E-state index in [1.54, 1.807) is 31.2 Å². The zero-order chi connectivity index (χ0) is 16.4. The van der Waals surface area contributed by atoms with Crippen LogP contribution in [0.2, 0.25) is 0 Å². The predicted octanol–water partition coefficient (Wildman–Crippen LogP) is 1.20. The van der Waals surface area contributed by atoms with Crippen LogP contribution in [-0.4, -0.2) is 52.9 Å².